The minimum absolute atomic E-state index is 0.276. The van der Waals surface area contributed by atoms with Crippen molar-refractivity contribution in [2.45, 2.75) is 44.7 Å². The zero-order valence-electron chi connectivity index (χ0n) is 10.7. The Morgan fingerprint density at radius 2 is 2.22 bits per heavy atom. The largest absolute Gasteiger partial charge is 0.480 e. The monoisotopic (exact) mass is 245 g/mol. The number of carbonyl (C=O) groups is 1. The molecule has 0 saturated carbocycles. The number of carboxylic acid groups (broad SMARTS) is 1. The molecule has 1 aromatic carbocycles. The van der Waals surface area contributed by atoms with E-state index in [4.69, 9.17) is 0 Å². The number of aryl methyl sites for hydroxylation is 2. The molecule has 0 amide bonds. The maximum absolute atomic E-state index is 11.3. The molecule has 3 heteroatoms. The number of benzene rings is 1. The van der Waals surface area contributed by atoms with E-state index >= 15 is 0 Å². The third-order valence-electron chi connectivity index (χ3n) is 4.33. The summed E-state index contributed by atoms with van der Waals surface area (Å²) in [5, 5.41) is 9.30. The van der Waals surface area contributed by atoms with Crippen LogP contribution < -0.4 is 0 Å². The van der Waals surface area contributed by atoms with Crippen molar-refractivity contribution in [2.75, 3.05) is 6.54 Å². The molecule has 1 fully saturated rings. The summed E-state index contributed by atoms with van der Waals surface area (Å²) >= 11 is 0. The third kappa shape index (κ3) is 1.83. The van der Waals surface area contributed by atoms with Crippen LogP contribution in [0.2, 0.25) is 0 Å². The molecular formula is C15H19NO2. The van der Waals surface area contributed by atoms with Crippen molar-refractivity contribution in [1.82, 2.24) is 4.90 Å². The van der Waals surface area contributed by atoms with Gasteiger partial charge < -0.3 is 5.11 Å². The molecule has 2 aliphatic rings. The number of hydrogen-bond donors (Lipinski definition) is 1. The molecule has 3 nitrogen and oxygen atoms in total. The maximum Gasteiger partial charge on any atom is 0.320 e. The molecule has 96 valence electrons. The molecule has 1 aliphatic heterocycles. The second-order valence-electron chi connectivity index (χ2n) is 5.49. The van der Waals surface area contributed by atoms with E-state index in [1.54, 1.807) is 0 Å². The van der Waals surface area contributed by atoms with Crippen molar-refractivity contribution in [1.29, 1.82) is 0 Å². The Kier molecular flexibility index (Phi) is 2.86. The first-order valence-corrected chi connectivity index (χ1v) is 6.75. The molecule has 18 heavy (non-hydrogen) atoms. The number of aliphatic carboxylic acids is 1. The van der Waals surface area contributed by atoms with E-state index in [1.807, 2.05) is 0 Å². The number of fused-ring (bicyclic) bond motifs is 1. The van der Waals surface area contributed by atoms with E-state index in [1.165, 1.54) is 16.7 Å². The fourth-order valence-corrected chi connectivity index (χ4v) is 3.47. The second-order valence-corrected chi connectivity index (χ2v) is 5.49. The number of hydrogen-bond acceptors (Lipinski definition) is 2. The predicted octanol–water partition coefficient (Wildman–Crippen LogP) is 2.53. The lowest BCUT2D eigenvalue weighted by atomic mass is 10.0. The molecule has 2 atom stereocenters. The topological polar surface area (TPSA) is 40.5 Å². The van der Waals surface area contributed by atoms with Gasteiger partial charge in [-0.15, -0.1) is 0 Å². The molecule has 0 aromatic heterocycles. The predicted molar refractivity (Wildman–Crippen MR) is 69.6 cm³/mol. The Bertz CT molecular complexity index is 483. The van der Waals surface area contributed by atoms with Gasteiger partial charge in [0.2, 0.25) is 0 Å². The molecule has 1 aromatic rings. The number of rotatable bonds is 2. The summed E-state index contributed by atoms with van der Waals surface area (Å²) in [5.74, 6) is -0.659. The second kappa shape index (κ2) is 4.39. The standard InChI is InChI=1S/C15H19NO2/c1-10-4-5-11-6-7-13(12(11)9-10)16-8-2-3-14(16)15(17)18/h4-5,9,13-14H,2-3,6-8H2,1H3,(H,17,18). The summed E-state index contributed by atoms with van der Waals surface area (Å²) in [4.78, 5) is 13.5. The van der Waals surface area contributed by atoms with E-state index < -0.39 is 5.97 Å². The summed E-state index contributed by atoms with van der Waals surface area (Å²) in [5.41, 5.74) is 4.04. The first kappa shape index (κ1) is 11.7. The van der Waals surface area contributed by atoms with E-state index in [-0.39, 0.29) is 6.04 Å². The summed E-state index contributed by atoms with van der Waals surface area (Å²) in [7, 11) is 0. The lowest BCUT2D eigenvalue weighted by Crippen LogP contribution is -2.38. The van der Waals surface area contributed by atoms with Gasteiger partial charge in [-0.1, -0.05) is 23.8 Å². The Hall–Kier alpha value is -1.35. The molecule has 0 spiro atoms. The molecule has 1 aliphatic carbocycles. The van der Waals surface area contributed by atoms with Crippen molar-refractivity contribution in [3.63, 3.8) is 0 Å². The number of nitrogens with zero attached hydrogens (tertiary/aromatic N) is 1. The van der Waals surface area contributed by atoms with Gasteiger partial charge in [-0.3, -0.25) is 9.69 Å². The van der Waals surface area contributed by atoms with Crippen LogP contribution in [0, 0.1) is 6.92 Å². The normalized spacial score (nSPS) is 27.4. The average Bonchev–Trinajstić information content (AvgIpc) is 2.92. The third-order valence-corrected chi connectivity index (χ3v) is 4.33. The summed E-state index contributed by atoms with van der Waals surface area (Å²) < 4.78 is 0. The van der Waals surface area contributed by atoms with Gasteiger partial charge in [0.25, 0.3) is 0 Å². The Morgan fingerprint density at radius 1 is 1.39 bits per heavy atom. The highest BCUT2D eigenvalue weighted by molar-refractivity contribution is 5.74. The van der Waals surface area contributed by atoms with Crippen molar-refractivity contribution in [2.24, 2.45) is 0 Å². The lowest BCUT2D eigenvalue weighted by Gasteiger charge is -2.28. The van der Waals surface area contributed by atoms with Crippen molar-refractivity contribution >= 4 is 5.97 Å². The molecule has 0 bridgehead atoms. The van der Waals surface area contributed by atoms with Gasteiger partial charge in [-0.25, -0.2) is 0 Å². The van der Waals surface area contributed by atoms with Gasteiger partial charge in [-0.05, 0) is 50.3 Å². The van der Waals surface area contributed by atoms with Gasteiger partial charge in [0, 0.05) is 6.04 Å². The minimum Gasteiger partial charge on any atom is -0.480 e. The summed E-state index contributed by atoms with van der Waals surface area (Å²) in [6.45, 7) is 3.03. The molecule has 2 unspecified atom stereocenters. The van der Waals surface area contributed by atoms with Crippen LogP contribution in [0.15, 0.2) is 18.2 Å². The van der Waals surface area contributed by atoms with Crippen LogP contribution in [-0.4, -0.2) is 28.6 Å². The summed E-state index contributed by atoms with van der Waals surface area (Å²) in [6.07, 6.45) is 3.97. The fourth-order valence-electron chi connectivity index (χ4n) is 3.47. The highest BCUT2D eigenvalue weighted by atomic mass is 16.4. The minimum atomic E-state index is -0.659. The van der Waals surface area contributed by atoms with E-state index in [9.17, 15) is 9.90 Å². The fraction of sp³-hybridized carbons (Fsp3) is 0.533. The Morgan fingerprint density at radius 3 is 3.00 bits per heavy atom. The van der Waals surface area contributed by atoms with Crippen molar-refractivity contribution in [3.8, 4) is 0 Å². The molecule has 1 heterocycles. The van der Waals surface area contributed by atoms with E-state index in [0.717, 1.165) is 32.2 Å². The van der Waals surface area contributed by atoms with Gasteiger partial charge in [-0.2, -0.15) is 0 Å². The smallest absolute Gasteiger partial charge is 0.320 e. The van der Waals surface area contributed by atoms with Crippen LogP contribution >= 0.6 is 0 Å². The zero-order chi connectivity index (χ0) is 12.7. The Balaban J connectivity index is 1.91. The molecular weight excluding hydrogens is 226 g/mol. The first-order chi connectivity index (χ1) is 8.66. The van der Waals surface area contributed by atoms with Gasteiger partial charge in [0.15, 0.2) is 0 Å². The maximum atomic E-state index is 11.3. The van der Waals surface area contributed by atoms with Gasteiger partial charge in [0.1, 0.15) is 6.04 Å². The first-order valence-electron chi connectivity index (χ1n) is 6.75. The van der Waals surface area contributed by atoms with Crippen LogP contribution in [0.3, 0.4) is 0 Å². The van der Waals surface area contributed by atoms with Crippen LogP contribution in [0.4, 0.5) is 0 Å². The van der Waals surface area contributed by atoms with Crippen LogP contribution in [0.25, 0.3) is 0 Å². The van der Waals surface area contributed by atoms with Crippen LogP contribution in [-0.2, 0) is 11.2 Å². The molecule has 0 radical (unpaired) electrons. The average molecular weight is 245 g/mol. The van der Waals surface area contributed by atoms with Crippen LogP contribution in [0.5, 0.6) is 0 Å². The number of carboxylic acids is 1. The highest BCUT2D eigenvalue weighted by Gasteiger charge is 2.38. The van der Waals surface area contributed by atoms with Crippen molar-refractivity contribution < 1.29 is 9.90 Å². The van der Waals surface area contributed by atoms with E-state index in [0.29, 0.717) is 6.04 Å². The van der Waals surface area contributed by atoms with Gasteiger partial charge in [0.05, 0.1) is 0 Å². The number of likely N-dealkylation sites (tertiary alicyclic amines) is 1. The quantitative estimate of drug-likeness (QED) is 0.870. The van der Waals surface area contributed by atoms with E-state index in [2.05, 4.69) is 30.0 Å². The summed E-state index contributed by atoms with van der Waals surface area (Å²) in [6, 6.07) is 6.64. The van der Waals surface area contributed by atoms with Crippen molar-refractivity contribution in [3.05, 3.63) is 34.9 Å². The molecule has 1 saturated heterocycles. The van der Waals surface area contributed by atoms with Crippen LogP contribution in [0.1, 0.15) is 42.0 Å². The zero-order valence-corrected chi connectivity index (χ0v) is 10.7. The van der Waals surface area contributed by atoms with Gasteiger partial charge >= 0.3 is 5.97 Å². The Labute approximate surface area is 107 Å². The SMILES string of the molecule is Cc1ccc2c(c1)C(N1CCCC1C(=O)O)CC2. The molecule has 3 rings (SSSR count). The highest BCUT2D eigenvalue weighted by Crippen LogP contribution is 2.39. The lowest BCUT2D eigenvalue weighted by molar-refractivity contribution is -0.143. The molecule has 1 N–H and O–H groups in total.